The molecule has 2 fully saturated rings. The first-order valence-corrected chi connectivity index (χ1v) is 5.13. The van der Waals surface area contributed by atoms with E-state index in [1.54, 1.807) is 0 Å². The van der Waals surface area contributed by atoms with Gasteiger partial charge in [0.2, 0.25) is 0 Å². The van der Waals surface area contributed by atoms with Crippen molar-refractivity contribution in [2.45, 2.75) is 37.5 Å². The first-order valence-electron chi connectivity index (χ1n) is 5.13. The maximum Gasteiger partial charge on any atom is 0.312 e. The van der Waals surface area contributed by atoms with E-state index < -0.39 is 6.10 Å². The molecular formula is C10H18ClNO3. The highest BCUT2D eigenvalue weighted by Crippen LogP contribution is 2.38. The Kier molecular flexibility index (Phi) is 3.98. The highest BCUT2D eigenvalue weighted by molar-refractivity contribution is 5.85. The highest BCUT2D eigenvalue weighted by Gasteiger charge is 2.48. The Morgan fingerprint density at radius 1 is 1.47 bits per heavy atom. The Balaban J connectivity index is 0.00000112. The van der Waals surface area contributed by atoms with Crippen molar-refractivity contribution in [3.63, 3.8) is 0 Å². The Morgan fingerprint density at radius 2 is 2.13 bits per heavy atom. The summed E-state index contributed by atoms with van der Waals surface area (Å²) in [5.74, 6) is -0.613. The molecule has 0 amide bonds. The van der Waals surface area contributed by atoms with Gasteiger partial charge in [0.05, 0.1) is 19.1 Å². The molecule has 2 bridgehead atoms. The Hall–Kier alpha value is -0.320. The number of ether oxygens (including phenoxy) is 1. The molecule has 0 aliphatic carbocycles. The van der Waals surface area contributed by atoms with Crippen molar-refractivity contribution in [1.82, 2.24) is 4.90 Å². The lowest BCUT2D eigenvalue weighted by Crippen LogP contribution is -2.52. The molecule has 2 rings (SSSR count). The zero-order valence-electron chi connectivity index (χ0n) is 9.05. The van der Waals surface area contributed by atoms with E-state index in [9.17, 15) is 9.90 Å². The average molecular weight is 236 g/mol. The fourth-order valence-corrected chi connectivity index (χ4v) is 2.89. The molecule has 2 aliphatic heterocycles. The van der Waals surface area contributed by atoms with E-state index in [4.69, 9.17) is 4.74 Å². The van der Waals surface area contributed by atoms with E-state index in [0.717, 1.165) is 12.8 Å². The predicted octanol–water partition coefficient (Wildman–Crippen LogP) is 0.425. The number of nitrogens with zero attached hydrogens (tertiary/aromatic N) is 1. The summed E-state index contributed by atoms with van der Waals surface area (Å²) < 4.78 is 4.73. The zero-order chi connectivity index (χ0) is 10.3. The minimum absolute atomic E-state index is 0. The lowest BCUT2D eigenvalue weighted by Gasteiger charge is -2.39. The number of methoxy groups -OCH3 is 1. The van der Waals surface area contributed by atoms with E-state index in [-0.39, 0.29) is 30.3 Å². The lowest BCUT2D eigenvalue weighted by atomic mass is 9.88. The van der Waals surface area contributed by atoms with Crippen molar-refractivity contribution < 1.29 is 14.6 Å². The van der Waals surface area contributed by atoms with Gasteiger partial charge in [-0.2, -0.15) is 0 Å². The minimum Gasteiger partial charge on any atom is -0.469 e. The monoisotopic (exact) mass is 235 g/mol. The van der Waals surface area contributed by atoms with Crippen molar-refractivity contribution >= 4 is 18.4 Å². The second kappa shape index (κ2) is 4.68. The fourth-order valence-electron chi connectivity index (χ4n) is 2.89. The highest BCUT2D eigenvalue weighted by atomic mass is 35.5. The average Bonchev–Trinajstić information content (AvgIpc) is 2.42. The van der Waals surface area contributed by atoms with Crippen LogP contribution in [-0.2, 0) is 9.53 Å². The number of rotatable bonds is 1. The maximum atomic E-state index is 11.5. The van der Waals surface area contributed by atoms with Crippen LogP contribution in [0.5, 0.6) is 0 Å². The molecule has 2 saturated heterocycles. The van der Waals surface area contributed by atoms with Crippen molar-refractivity contribution in [3.05, 3.63) is 0 Å². The molecule has 4 nitrogen and oxygen atoms in total. The fraction of sp³-hybridized carbons (Fsp3) is 0.900. The van der Waals surface area contributed by atoms with Gasteiger partial charge < -0.3 is 9.84 Å². The van der Waals surface area contributed by atoms with Crippen molar-refractivity contribution in [1.29, 1.82) is 0 Å². The van der Waals surface area contributed by atoms with Crippen LogP contribution in [0, 0.1) is 5.92 Å². The summed E-state index contributed by atoms with van der Waals surface area (Å²) in [5.41, 5.74) is 0. The molecule has 2 aliphatic rings. The van der Waals surface area contributed by atoms with E-state index >= 15 is 0 Å². The van der Waals surface area contributed by atoms with Gasteiger partial charge in [-0.3, -0.25) is 9.69 Å². The molecular weight excluding hydrogens is 218 g/mol. The minimum atomic E-state index is -0.517. The summed E-state index contributed by atoms with van der Waals surface area (Å²) in [4.78, 5) is 13.7. The normalized spacial score (nSPS) is 39.7. The molecule has 5 heteroatoms. The molecule has 0 spiro atoms. The summed E-state index contributed by atoms with van der Waals surface area (Å²) in [6, 6.07) is 0.632. The van der Waals surface area contributed by atoms with Gasteiger partial charge in [-0.1, -0.05) is 0 Å². The van der Waals surface area contributed by atoms with Crippen LogP contribution in [0.25, 0.3) is 0 Å². The Morgan fingerprint density at radius 3 is 2.73 bits per heavy atom. The van der Waals surface area contributed by atoms with Gasteiger partial charge in [-0.25, -0.2) is 0 Å². The van der Waals surface area contributed by atoms with Crippen LogP contribution < -0.4 is 0 Å². The van der Waals surface area contributed by atoms with Crippen molar-refractivity contribution in [2.75, 3.05) is 14.2 Å². The number of fused-ring (bicyclic) bond motifs is 2. The van der Waals surface area contributed by atoms with Gasteiger partial charge in [0.1, 0.15) is 0 Å². The number of carbonyl (C=O) groups excluding carboxylic acids is 1. The number of halogens is 1. The van der Waals surface area contributed by atoms with Crippen LogP contribution >= 0.6 is 12.4 Å². The number of aliphatic hydroxyl groups excluding tert-OH is 1. The number of aliphatic hydroxyl groups is 1. The molecule has 0 saturated carbocycles. The van der Waals surface area contributed by atoms with Crippen LogP contribution in [0.2, 0.25) is 0 Å². The first-order chi connectivity index (χ1) is 6.65. The van der Waals surface area contributed by atoms with Gasteiger partial charge in [-0.15, -0.1) is 12.4 Å². The summed E-state index contributed by atoms with van der Waals surface area (Å²) in [5, 5.41) is 9.84. The van der Waals surface area contributed by atoms with Crippen LogP contribution in [0.1, 0.15) is 19.3 Å². The second-order valence-electron chi connectivity index (χ2n) is 4.32. The number of carbonyl (C=O) groups is 1. The molecule has 0 aromatic carbocycles. The SMILES string of the molecule is COC(=O)[C@H]1C(O)C[C@@H]2CCC1N2C.Cl. The van der Waals surface area contributed by atoms with Gasteiger partial charge in [-0.05, 0) is 26.3 Å². The number of hydrogen-bond donors (Lipinski definition) is 1. The number of piperidine rings is 1. The number of esters is 1. The third-order valence-electron chi connectivity index (χ3n) is 3.71. The van der Waals surface area contributed by atoms with Gasteiger partial charge >= 0.3 is 5.97 Å². The topological polar surface area (TPSA) is 49.8 Å². The standard InChI is InChI=1S/C10H17NO3.ClH/c1-11-6-3-4-7(11)9(8(12)5-6)10(13)14-2;/h6-9,12H,3-5H2,1-2H3;1H/t6-,7?,8?,9+;/m0./s1. The van der Waals surface area contributed by atoms with Crippen LogP contribution in [0.4, 0.5) is 0 Å². The molecule has 88 valence electrons. The van der Waals surface area contributed by atoms with Crippen molar-refractivity contribution in [2.24, 2.45) is 5.92 Å². The van der Waals surface area contributed by atoms with Crippen LogP contribution in [-0.4, -0.2) is 48.3 Å². The molecule has 4 atom stereocenters. The second-order valence-corrected chi connectivity index (χ2v) is 4.32. The molecule has 0 aromatic heterocycles. The van der Waals surface area contributed by atoms with Gasteiger partial charge in [0, 0.05) is 12.1 Å². The third-order valence-corrected chi connectivity index (χ3v) is 3.71. The largest absolute Gasteiger partial charge is 0.469 e. The molecule has 2 heterocycles. The predicted molar refractivity (Wildman–Crippen MR) is 58.0 cm³/mol. The first kappa shape index (κ1) is 12.7. The summed E-state index contributed by atoms with van der Waals surface area (Å²) >= 11 is 0. The van der Waals surface area contributed by atoms with Crippen molar-refractivity contribution in [3.8, 4) is 0 Å². The smallest absolute Gasteiger partial charge is 0.312 e. The van der Waals surface area contributed by atoms with Gasteiger partial charge in [0.25, 0.3) is 0 Å². The number of hydrogen-bond acceptors (Lipinski definition) is 4. The summed E-state index contributed by atoms with van der Waals surface area (Å²) in [6.07, 6.45) is 2.27. The summed E-state index contributed by atoms with van der Waals surface area (Å²) in [6.45, 7) is 0. The van der Waals surface area contributed by atoms with E-state index in [1.807, 2.05) is 7.05 Å². The molecule has 1 N–H and O–H groups in total. The zero-order valence-corrected chi connectivity index (χ0v) is 9.87. The molecule has 0 radical (unpaired) electrons. The van der Waals surface area contributed by atoms with Crippen LogP contribution in [0.15, 0.2) is 0 Å². The van der Waals surface area contributed by atoms with Gasteiger partial charge in [0.15, 0.2) is 0 Å². The Bertz CT molecular complexity index is 249. The molecule has 0 aromatic rings. The molecule has 2 unspecified atom stereocenters. The van der Waals surface area contributed by atoms with Crippen LogP contribution in [0.3, 0.4) is 0 Å². The maximum absolute atomic E-state index is 11.5. The third kappa shape index (κ3) is 1.98. The summed E-state index contributed by atoms with van der Waals surface area (Å²) in [7, 11) is 3.42. The Labute approximate surface area is 96.0 Å². The quantitative estimate of drug-likeness (QED) is 0.670. The van der Waals surface area contributed by atoms with E-state index in [1.165, 1.54) is 7.11 Å². The van der Waals surface area contributed by atoms with E-state index in [2.05, 4.69) is 4.90 Å². The molecule has 15 heavy (non-hydrogen) atoms. The van der Waals surface area contributed by atoms with E-state index in [0.29, 0.717) is 12.5 Å². The lowest BCUT2D eigenvalue weighted by molar-refractivity contribution is -0.155.